The van der Waals surface area contributed by atoms with Crippen molar-refractivity contribution in [1.29, 1.82) is 0 Å². The Hall–Kier alpha value is -2.96. The van der Waals surface area contributed by atoms with Gasteiger partial charge in [-0.1, -0.05) is 0 Å². The minimum Gasteiger partial charge on any atom is -0.481 e. The molecule has 7 nitrogen and oxygen atoms in total. The van der Waals surface area contributed by atoms with Gasteiger partial charge < -0.3 is 15.7 Å². The summed E-state index contributed by atoms with van der Waals surface area (Å²) < 4.78 is 0. The van der Waals surface area contributed by atoms with Gasteiger partial charge in [0.2, 0.25) is 0 Å². The molecular formula is C14H14N4O3. The highest BCUT2D eigenvalue weighted by Crippen LogP contribution is 2.10. The molecule has 2 rings (SSSR count). The molecule has 0 fully saturated rings. The van der Waals surface area contributed by atoms with Crippen LogP contribution in [0.2, 0.25) is 0 Å². The van der Waals surface area contributed by atoms with Crippen LogP contribution in [-0.2, 0) is 11.2 Å². The Labute approximate surface area is 121 Å². The van der Waals surface area contributed by atoms with E-state index in [-0.39, 0.29) is 6.42 Å². The molecule has 0 aliphatic heterocycles. The molecule has 0 unspecified atom stereocenters. The monoisotopic (exact) mass is 286 g/mol. The van der Waals surface area contributed by atoms with E-state index in [0.717, 1.165) is 5.56 Å². The molecule has 2 amide bonds. The standard InChI is InChI=1S/C14H14N4O3/c1-9-4-12(7-15-6-9)18-14(21)17-11-3-2-10(16-8-11)5-13(19)20/h2-4,6-8H,5H2,1H3,(H,19,20)(H2,17,18,21). The molecule has 0 aliphatic rings. The van der Waals surface area contributed by atoms with Gasteiger partial charge in [-0.3, -0.25) is 14.8 Å². The molecule has 0 bridgehead atoms. The van der Waals surface area contributed by atoms with Crippen molar-refractivity contribution < 1.29 is 14.7 Å². The zero-order chi connectivity index (χ0) is 15.2. The van der Waals surface area contributed by atoms with Gasteiger partial charge >= 0.3 is 12.0 Å². The van der Waals surface area contributed by atoms with Gasteiger partial charge in [-0.2, -0.15) is 0 Å². The Balaban J connectivity index is 1.95. The van der Waals surface area contributed by atoms with Crippen LogP contribution in [0.5, 0.6) is 0 Å². The van der Waals surface area contributed by atoms with Crippen LogP contribution in [0.1, 0.15) is 11.3 Å². The number of aryl methyl sites for hydroxylation is 1. The number of pyridine rings is 2. The van der Waals surface area contributed by atoms with E-state index in [4.69, 9.17) is 5.11 Å². The topological polar surface area (TPSA) is 104 Å². The lowest BCUT2D eigenvalue weighted by Gasteiger charge is -2.08. The van der Waals surface area contributed by atoms with E-state index >= 15 is 0 Å². The number of carboxylic acids is 1. The number of anilines is 2. The molecule has 0 atom stereocenters. The van der Waals surface area contributed by atoms with E-state index in [2.05, 4.69) is 20.6 Å². The van der Waals surface area contributed by atoms with Crippen LogP contribution in [0.25, 0.3) is 0 Å². The Morgan fingerprint density at radius 2 is 1.90 bits per heavy atom. The van der Waals surface area contributed by atoms with Crippen molar-refractivity contribution in [2.24, 2.45) is 0 Å². The number of aromatic nitrogens is 2. The lowest BCUT2D eigenvalue weighted by molar-refractivity contribution is -0.136. The molecule has 21 heavy (non-hydrogen) atoms. The number of nitrogens with one attached hydrogen (secondary N) is 2. The SMILES string of the molecule is Cc1cncc(NC(=O)Nc2ccc(CC(=O)O)nc2)c1. The van der Waals surface area contributed by atoms with Gasteiger partial charge in [-0.15, -0.1) is 0 Å². The summed E-state index contributed by atoms with van der Waals surface area (Å²) in [5.41, 5.74) is 2.43. The molecular weight excluding hydrogens is 272 g/mol. The molecule has 0 aliphatic carbocycles. The van der Waals surface area contributed by atoms with Gasteiger partial charge in [-0.25, -0.2) is 4.79 Å². The zero-order valence-electron chi connectivity index (χ0n) is 11.3. The summed E-state index contributed by atoms with van der Waals surface area (Å²) in [4.78, 5) is 30.3. The lowest BCUT2D eigenvalue weighted by atomic mass is 10.2. The molecule has 2 aromatic rings. The summed E-state index contributed by atoms with van der Waals surface area (Å²) in [6, 6.07) is 4.52. The normalized spacial score (nSPS) is 9.95. The third-order valence-corrected chi connectivity index (χ3v) is 2.55. The van der Waals surface area contributed by atoms with Crippen molar-refractivity contribution in [2.75, 3.05) is 10.6 Å². The minimum absolute atomic E-state index is 0.151. The summed E-state index contributed by atoms with van der Waals surface area (Å²) >= 11 is 0. The molecule has 2 aromatic heterocycles. The number of rotatable bonds is 4. The number of hydrogen-bond donors (Lipinski definition) is 3. The van der Waals surface area contributed by atoms with Gasteiger partial charge in [0, 0.05) is 6.20 Å². The number of amides is 2. The number of carbonyl (C=O) groups excluding carboxylic acids is 1. The van der Waals surface area contributed by atoms with Crippen molar-refractivity contribution in [1.82, 2.24) is 9.97 Å². The number of hydrogen-bond acceptors (Lipinski definition) is 4. The van der Waals surface area contributed by atoms with Gasteiger partial charge in [0.05, 0.1) is 35.9 Å². The number of urea groups is 1. The summed E-state index contributed by atoms with van der Waals surface area (Å²) in [7, 11) is 0. The fourth-order valence-electron chi connectivity index (χ4n) is 1.67. The van der Waals surface area contributed by atoms with Crippen molar-refractivity contribution in [3.05, 3.63) is 48.0 Å². The van der Waals surface area contributed by atoms with Crippen LogP contribution in [0.4, 0.5) is 16.2 Å². The molecule has 0 saturated heterocycles. The highest BCUT2D eigenvalue weighted by Gasteiger charge is 2.05. The second kappa shape index (κ2) is 6.47. The highest BCUT2D eigenvalue weighted by molar-refractivity contribution is 5.99. The van der Waals surface area contributed by atoms with Crippen molar-refractivity contribution in [2.45, 2.75) is 13.3 Å². The fraction of sp³-hybridized carbons (Fsp3) is 0.143. The van der Waals surface area contributed by atoms with Gasteiger partial charge in [0.25, 0.3) is 0 Å². The first kappa shape index (κ1) is 14.4. The average Bonchev–Trinajstić information content (AvgIpc) is 2.40. The summed E-state index contributed by atoms with van der Waals surface area (Å²) in [6.07, 6.45) is 4.49. The number of nitrogens with zero attached hydrogens (tertiary/aromatic N) is 2. The number of carboxylic acid groups (broad SMARTS) is 1. The number of carbonyl (C=O) groups is 2. The van der Waals surface area contributed by atoms with Crippen LogP contribution in [0, 0.1) is 6.92 Å². The van der Waals surface area contributed by atoms with Gasteiger partial charge in [0.1, 0.15) is 0 Å². The highest BCUT2D eigenvalue weighted by atomic mass is 16.4. The summed E-state index contributed by atoms with van der Waals surface area (Å²) in [5.74, 6) is -0.951. The first-order valence-corrected chi connectivity index (χ1v) is 6.19. The third-order valence-electron chi connectivity index (χ3n) is 2.55. The van der Waals surface area contributed by atoms with Crippen molar-refractivity contribution in [3.8, 4) is 0 Å². The fourth-order valence-corrected chi connectivity index (χ4v) is 1.67. The van der Waals surface area contributed by atoms with Crippen LogP contribution < -0.4 is 10.6 Å². The predicted molar refractivity (Wildman–Crippen MR) is 77.2 cm³/mol. The van der Waals surface area contributed by atoms with Crippen molar-refractivity contribution in [3.63, 3.8) is 0 Å². The van der Waals surface area contributed by atoms with E-state index in [0.29, 0.717) is 17.1 Å². The smallest absolute Gasteiger partial charge is 0.323 e. The Morgan fingerprint density at radius 1 is 1.14 bits per heavy atom. The van der Waals surface area contributed by atoms with E-state index in [1.807, 2.05) is 6.92 Å². The maximum Gasteiger partial charge on any atom is 0.323 e. The van der Waals surface area contributed by atoms with E-state index in [1.54, 1.807) is 30.6 Å². The Kier molecular flexibility index (Phi) is 4.45. The molecule has 3 N–H and O–H groups in total. The van der Waals surface area contributed by atoms with Crippen LogP contribution >= 0.6 is 0 Å². The van der Waals surface area contributed by atoms with Crippen LogP contribution in [0.3, 0.4) is 0 Å². The molecule has 0 saturated carbocycles. The zero-order valence-corrected chi connectivity index (χ0v) is 11.3. The first-order chi connectivity index (χ1) is 10.0. The quantitative estimate of drug-likeness (QED) is 0.798. The second-order valence-corrected chi connectivity index (χ2v) is 4.44. The predicted octanol–water partition coefficient (Wildman–Crippen LogP) is 2.06. The van der Waals surface area contributed by atoms with E-state index in [1.165, 1.54) is 6.20 Å². The first-order valence-electron chi connectivity index (χ1n) is 6.19. The molecule has 0 aromatic carbocycles. The molecule has 7 heteroatoms. The lowest BCUT2D eigenvalue weighted by Crippen LogP contribution is -2.19. The molecule has 0 spiro atoms. The van der Waals surface area contributed by atoms with Gasteiger partial charge in [0.15, 0.2) is 0 Å². The number of aliphatic carboxylic acids is 1. The average molecular weight is 286 g/mol. The maximum absolute atomic E-state index is 11.8. The Morgan fingerprint density at radius 3 is 2.52 bits per heavy atom. The minimum atomic E-state index is -0.951. The van der Waals surface area contributed by atoms with Gasteiger partial charge in [-0.05, 0) is 30.7 Å². The maximum atomic E-state index is 11.8. The largest absolute Gasteiger partial charge is 0.481 e. The molecule has 108 valence electrons. The molecule has 2 heterocycles. The second-order valence-electron chi connectivity index (χ2n) is 4.44. The summed E-state index contributed by atoms with van der Waals surface area (Å²) in [5, 5.41) is 13.9. The van der Waals surface area contributed by atoms with E-state index in [9.17, 15) is 9.59 Å². The van der Waals surface area contributed by atoms with E-state index < -0.39 is 12.0 Å². The van der Waals surface area contributed by atoms with Crippen LogP contribution in [0.15, 0.2) is 36.8 Å². The Bertz CT molecular complexity index is 656. The summed E-state index contributed by atoms with van der Waals surface area (Å²) in [6.45, 7) is 1.88. The van der Waals surface area contributed by atoms with Crippen molar-refractivity contribution >= 4 is 23.4 Å². The third kappa shape index (κ3) is 4.57. The van der Waals surface area contributed by atoms with Crippen LogP contribution in [-0.4, -0.2) is 27.1 Å². The molecule has 0 radical (unpaired) electrons.